The molecular weight excluding hydrogens is 582 g/mol. The van der Waals surface area contributed by atoms with Crippen LogP contribution in [-0.2, 0) is 21.9 Å². The van der Waals surface area contributed by atoms with Gasteiger partial charge >= 0.3 is 0 Å². The van der Waals surface area contributed by atoms with E-state index >= 15 is 0 Å². The summed E-state index contributed by atoms with van der Waals surface area (Å²) in [4.78, 5) is 24.9. The summed E-state index contributed by atoms with van der Waals surface area (Å²) in [6, 6.07) is 8.48. The van der Waals surface area contributed by atoms with E-state index in [4.69, 9.17) is 21.0 Å². The van der Waals surface area contributed by atoms with Gasteiger partial charge in [-0.15, -0.1) is 11.3 Å². The van der Waals surface area contributed by atoms with E-state index in [1.165, 1.54) is 23.1 Å². The van der Waals surface area contributed by atoms with Crippen LogP contribution in [0.15, 0.2) is 40.9 Å². The minimum Gasteiger partial charge on any atom is -0.387 e. The zero-order chi connectivity index (χ0) is 29.1. The Bertz CT molecular complexity index is 1440. The van der Waals surface area contributed by atoms with E-state index in [1.807, 2.05) is 29.6 Å². The highest BCUT2D eigenvalue weighted by atomic mass is 32.2. The fraction of sp³-hybridized carbons (Fsp3) is 0.423. The molecule has 218 valence electrons. The zero-order valence-corrected chi connectivity index (χ0v) is 23.3. The van der Waals surface area contributed by atoms with Gasteiger partial charge in [-0.25, -0.2) is 22.5 Å². The number of thiazole rings is 1. The van der Waals surface area contributed by atoms with Crippen LogP contribution in [0.4, 0.5) is 17.6 Å². The number of halogens is 4. The molecule has 0 aliphatic carbocycles. The number of carbonyl (C=O) groups excluding carboxylic acids is 1. The van der Waals surface area contributed by atoms with Gasteiger partial charge in [-0.3, -0.25) is 14.9 Å². The van der Waals surface area contributed by atoms with E-state index in [0.717, 1.165) is 27.5 Å². The Morgan fingerprint density at radius 2 is 1.95 bits per heavy atom. The molecule has 5 rings (SSSR count). The molecule has 15 heteroatoms. The molecule has 1 aromatic carbocycles. The maximum atomic E-state index is 13.3. The summed E-state index contributed by atoms with van der Waals surface area (Å²) in [5.41, 5.74) is 7.55. The Labute approximate surface area is 241 Å². The summed E-state index contributed by atoms with van der Waals surface area (Å²) in [5, 5.41) is 18.2. The van der Waals surface area contributed by atoms with Crippen molar-refractivity contribution in [1.29, 1.82) is 5.41 Å². The van der Waals surface area contributed by atoms with Crippen molar-refractivity contribution in [3.8, 4) is 0 Å². The van der Waals surface area contributed by atoms with Crippen molar-refractivity contribution in [2.45, 2.75) is 56.4 Å². The van der Waals surface area contributed by atoms with Crippen LogP contribution in [0.1, 0.15) is 77.4 Å². The quantitative estimate of drug-likeness (QED) is 0.185. The number of nitrogens with two attached hydrogens (primary N) is 1. The number of carbonyl (C=O) groups is 1. The molecule has 0 radical (unpaired) electrons. The van der Waals surface area contributed by atoms with Gasteiger partial charge in [0.2, 0.25) is 5.91 Å². The number of likely N-dealkylation sites (tertiary alicyclic amines) is 1. The fourth-order valence-corrected chi connectivity index (χ4v) is 6.48. The van der Waals surface area contributed by atoms with Crippen molar-refractivity contribution in [3.63, 3.8) is 0 Å². The third kappa shape index (κ3) is 6.72. The summed E-state index contributed by atoms with van der Waals surface area (Å²) < 4.78 is 53.1. The third-order valence-corrected chi connectivity index (χ3v) is 8.80. The molecule has 1 atom stereocenters. The molecule has 3 aromatic rings. The van der Waals surface area contributed by atoms with Crippen LogP contribution in [0, 0.1) is 5.41 Å². The lowest BCUT2D eigenvalue weighted by molar-refractivity contribution is -0.133. The van der Waals surface area contributed by atoms with Gasteiger partial charge in [-0.1, -0.05) is 41.2 Å². The Morgan fingerprint density at radius 1 is 1.20 bits per heavy atom. The Kier molecular flexibility index (Phi) is 8.92. The molecule has 0 spiro atoms. The number of nitrogens with one attached hydrogen (secondary N) is 1. The number of hydrogen-bond acceptors (Lipinski definition) is 8. The number of rotatable bonds is 9. The van der Waals surface area contributed by atoms with E-state index in [9.17, 15) is 22.4 Å². The Morgan fingerprint density at radius 3 is 2.66 bits per heavy atom. The van der Waals surface area contributed by atoms with Gasteiger partial charge in [0.15, 0.2) is 11.3 Å². The van der Waals surface area contributed by atoms with Gasteiger partial charge in [0.25, 0.3) is 12.9 Å². The van der Waals surface area contributed by atoms with E-state index in [0.29, 0.717) is 48.9 Å². The number of thioether (sulfide) groups is 1. The first kappa shape index (κ1) is 29.0. The van der Waals surface area contributed by atoms with Crippen molar-refractivity contribution in [2.24, 2.45) is 10.9 Å². The number of aromatic nitrogens is 3. The van der Waals surface area contributed by atoms with Gasteiger partial charge in [-0.05, 0) is 30.0 Å². The highest BCUT2D eigenvalue weighted by molar-refractivity contribution is 8.13. The smallest absolute Gasteiger partial charge is 0.282 e. The lowest BCUT2D eigenvalue weighted by Crippen LogP contribution is -2.40. The van der Waals surface area contributed by atoms with Crippen LogP contribution in [0.2, 0.25) is 0 Å². The second-order valence-corrected chi connectivity index (χ2v) is 11.6. The summed E-state index contributed by atoms with van der Waals surface area (Å²) >= 11 is 2.77. The van der Waals surface area contributed by atoms with E-state index in [-0.39, 0.29) is 17.2 Å². The maximum Gasteiger partial charge on any atom is 0.282 e. The Hall–Kier alpha value is -3.46. The number of amides is 1. The van der Waals surface area contributed by atoms with Gasteiger partial charge in [0.1, 0.15) is 23.6 Å². The van der Waals surface area contributed by atoms with Crippen LogP contribution in [0.5, 0.6) is 0 Å². The summed E-state index contributed by atoms with van der Waals surface area (Å²) in [6.07, 6.45) is -4.45. The van der Waals surface area contributed by atoms with Crippen LogP contribution < -0.4 is 5.73 Å². The monoisotopic (exact) mass is 609 g/mol. The van der Waals surface area contributed by atoms with Crippen LogP contribution in [0.3, 0.4) is 0 Å². The van der Waals surface area contributed by atoms with Crippen molar-refractivity contribution in [2.75, 3.05) is 13.1 Å². The molecule has 1 amide bonds. The average molecular weight is 610 g/mol. The fourth-order valence-electron chi connectivity index (χ4n) is 4.90. The topological polar surface area (TPSA) is 122 Å². The number of alkyl halides is 4. The standard InChI is InChI=1S/C26H27F4N7O2S2/c27-23(28)18-9-20(24(29)30)37(34-18)11-22(38)36-7-5-14(6-8-36)25-33-19(13-40-25)17-10-21(39-35-17)16-4-2-1-3-15(16)12-41-26(31)32/h1-4,9,13-14,21,23-24H,5-8,10-12H2,(H3,31,32). The Balaban J connectivity index is 1.16. The lowest BCUT2D eigenvalue weighted by Gasteiger charge is -2.31. The number of piperidine rings is 1. The van der Waals surface area contributed by atoms with Gasteiger partial charge in [-0.2, -0.15) is 5.10 Å². The molecule has 0 saturated carbocycles. The largest absolute Gasteiger partial charge is 0.387 e. The van der Waals surface area contributed by atoms with Crippen molar-refractivity contribution in [1.82, 2.24) is 19.7 Å². The van der Waals surface area contributed by atoms with Crippen LogP contribution in [-0.4, -0.2) is 49.5 Å². The summed E-state index contributed by atoms with van der Waals surface area (Å²) in [7, 11) is 0. The summed E-state index contributed by atoms with van der Waals surface area (Å²) in [5.74, 6) is 0.238. The second-order valence-electron chi connectivity index (χ2n) is 9.67. The molecule has 9 nitrogen and oxygen atoms in total. The minimum atomic E-state index is -3.02. The van der Waals surface area contributed by atoms with E-state index in [2.05, 4.69) is 10.3 Å². The van der Waals surface area contributed by atoms with E-state index in [1.54, 1.807) is 4.90 Å². The first-order valence-electron chi connectivity index (χ1n) is 12.8. The van der Waals surface area contributed by atoms with Crippen molar-refractivity contribution < 1.29 is 27.2 Å². The highest BCUT2D eigenvalue weighted by Crippen LogP contribution is 2.35. The molecule has 0 bridgehead atoms. The molecule has 1 saturated heterocycles. The minimum absolute atomic E-state index is 0.0523. The van der Waals surface area contributed by atoms with Gasteiger partial charge in [0, 0.05) is 36.6 Å². The highest BCUT2D eigenvalue weighted by Gasteiger charge is 2.30. The first-order valence-corrected chi connectivity index (χ1v) is 14.7. The SMILES string of the molecule is N=C(N)SCc1ccccc1C1CC(c2csc(C3CCN(C(=O)Cn4nc(C(F)F)cc4C(F)F)CC3)n2)=NO1. The number of nitrogens with zero attached hydrogens (tertiary/aromatic N) is 5. The predicted molar refractivity (Wildman–Crippen MR) is 147 cm³/mol. The molecule has 2 aliphatic rings. The number of benzene rings is 1. The number of oxime groups is 1. The second kappa shape index (κ2) is 12.6. The third-order valence-electron chi connectivity index (χ3n) is 7.03. The average Bonchev–Trinajstić information content (AvgIpc) is 3.72. The lowest BCUT2D eigenvalue weighted by atomic mass is 9.97. The normalized spacial score (nSPS) is 17.8. The van der Waals surface area contributed by atoms with Gasteiger partial charge in [0.05, 0.1) is 10.7 Å². The molecule has 2 aromatic heterocycles. The van der Waals surface area contributed by atoms with Crippen molar-refractivity contribution >= 4 is 39.9 Å². The maximum absolute atomic E-state index is 13.3. The molecule has 1 unspecified atom stereocenters. The molecule has 3 N–H and O–H groups in total. The van der Waals surface area contributed by atoms with E-state index < -0.39 is 36.7 Å². The number of amidine groups is 1. The van der Waals surface area contributed by atoms with Crippen molar-refractivity contribution in [3.05, 3.63) is 68.9 Å². The van der Waals surface area contributed by atoms with Crippen LogP contribution in [0.25, 0.3) is 0 Å². The molecule has 1 fully saturated rings. The molecule has 41 heavy (non-hydrogen) atoms. The predicted octanol–water partition coefficient (Wildman–Crippen LogP) is 5.61. The zero-order valence-electron chi connectivity index (χ0n) is 21.7. The molecule has 4 heterocycles. The molecule has 2 aliphatic heterocycles. The molecular formula is C26H27F4N7O2S2. The van der Waals surface area contributed by atoms with Crippen LogP contribution >= 0.6 is 23.1 Å². The number of hydrogen-bond donors (Lipinski definition) is 2. The summed E-state index contributed by atoms with van der Waals surface area (Å²) in [6.45, 7) is 0.273. The van der Waals surface area contributed by atoms with Gasteiger partial charge < -0.3 is 15.5 Å². The first-order chi connectivity index (χ1) is 19.7.